The minimum atomic E-state index is -0.523. The average Bonchev–Trinajstić information content (AvgIpc) is 3.15. The van der Waals surface area contributed by atoms with Crippen molar-refractivity contribution in [1.82, 2.24) is 5.32 Å². The molecule has 1 atom stereocenters. The van der Waals surface area contributed by atoms with E-state index in [0.29, 0.717) is 28.3 Å². The van der Waals surface area contributed by atoms with Crippen LogP contribution in [0.15, 0.2) is 132 Å². The van der Waals surface area contributed by atoms with Crippen LogP contribution < -0.4 is 25.4 Å². The van der Waals surface area contributed by atoms with Gasteiger partial charge in [-0.2, -0.15) is 0 Å². The fourth-order valence-electron chi connectivity index (χ4n) is 5.29. The second-order valence-corrected chi connectivity index (χ2v) is 12.5. The molecule has 3 N–H and O–H groups in total. The van der Waals surface area contributed by atoms with Crippen LogP contribution in [-0.4, -0.2) is 31.9 Å². The molecule has 0 aliphatic rings. The predicted molar refractivity (Wildman–Crippen MR) is 201 cm³/mol. The number of hydrogen-bond acceptors (Lipinski definition) is 6. The quantitative estimate of drug-likeness (QED) is 0.0849. The fourth-order valence-corrected chi connectivity index (χ4v) is 6.32. The lowest BCUT2D eigenvalue weighted by molar-refractivity contribution is -0.116. The summed E-state index contributed by atoms with van der Waals surface area (Å²) in [5.41, 5.74) is 5.38. The Labute approximate surface area is 296 Å². The SMILES string of the molecule is CCc1cccc(C)c1NC(=O)C(Sc1ccc(NC(=O)/C(=C/c2ccc(OC)c(OC)c2)NC(=O)c2ccccc2)cc1)c1ccccc1. The number of aryl methyl sites for hydroxylation is 2. The Balaban J connectivity index is 1.36. The van der Waals surface area contributed by atoms with Gasteiger partial charge >= 0.3 is 0 Å². The number of carbonyl (C=O) groups excluding carboxylic acids is 3. The first-order valence-electron chi connectivity index (χ1n) is 16.1. The fraction of sp³-hybridized carbons (Fsp3) is 0.146. The van der Waals surface area contributed by atoms with Crippen molar-refractivity contribution >= 4 is 46.9 Å². The Bertz CT molecular complexity index is 1980. The van der Waals surface area contributed by atoms with Crippen molar-refractivity contribution in [3.05, 3.63) is 155 Å². The number of anilines is 2. The molecule has 0 bridgehead atoms. The zero-order valence-corrected chi connectivity index (χ0v) is 29.2. The topological polar surface area (TPSA) is 106 Å². The van der Waals surface area contributed by atoms with Gasteiger partial charge in [0, 0.05) is 21.8 Å². The van der Waals surface area contributed by atoms with Crippen LogP contribution in [0.25, 0.3) is 6.08 Å². The van der Waals surface area contributed by atoms with Crippen molar-refractivity contribution in [2.24, 2.45) is 0 Å². The molecule has 50 heavy (non-hydrogen) atoms. The Morgan fingerprint density at radius 2 is 1.44 bits per heavy atom. The highest BCUT2D eigenvalue weighted by Gasteiger charge is 2.24. The molecule has 0 saturated carbocycles. The summed E-state index contributed by atoms with van der Waals surface area (Å²) in [5, 5.41) is 8.31. The molecular weight excluding hydrogens is 647 g/mol. The maximum Gasteiger partial charge on any atom is 0.272 e. The molecule has 1 unspecified atom stereocenters. The lowest BCUT2D eigenvalue weighted by atomic mass is 10.1. The smallest absolute Gasteiger partial charge is 0.272 e. The molecule has 5 aromatic carbocycles. The monoisotopic (exact) mass is 685 g/mol. The van der Waals surface area contributed by atoms with Crippen molar-refractivity contribution in [2.45, 2.75) is 30.4 Å². The summed E-state index contributed by atoms with van der Waals surface area (Å²) < 4.78 is 10.8. The maximum absolute atomic E-state index is 13.8. The molecule has 0 radical (unpaired) electrons. The van der Waals surface area contributed by atoms with Gasteiger partial charge in [-0.15, -0.1) is 11.8 Å². The highest BCUT2D eigenvalue weighted by Crippen LogP contribution is 2.37. The van der Waals surface area contributed by atoms with E-state index >= 15 is 0 Å². The number of benzene rings is 5. The molecule has 8 nitrogen and oxygen atoms in total. The summed E-state index contributed by atoms with van der Waals surface area (Å²) in [5.74, 6) is -0.0515. The number of thioether (sulfide) groups is 1. The number of nitrogens with one attached hydrogen (secondary N) is 3. The van der Waals surface area contributed by atoms with Gasteiger partial charge in [0.1, 0.15) is 10.9 Å². The second kappa shape index (κ2) is 17.0. The van der Waals surface area contributed by atoms with Crippen molar-refractivity contribution in [1.29, 1.82) is 0 Å². The third kappa shape index (κ3) is 9.00. The van der Waals surface area contributed by atoms with E-state index in [1.807, 2.05) is 73.7 Å². The second-order valence-electron chi connectivity index (χ2n) is 11.3. The minimum absolute atomic E-state index is 0.0352. The van der Waals surface area contributed by atoms with Crippen LogP contribution in [0.5, 0.6) is 11.5 Å². The lowest BCUT2D eigenvalue weighted by Gasteiger charge is -2.20. The van der Waals surface area contributed by atoms with Crippen LogP contribution in [0.4, 0.5) is 11.4 Å². The summed E-state index contributed by atoms with van der Waals surface area (Å²) in [6.45, 7) is 4.06. The lowest BCUT2D eigenvalue weighted by Crippen LogP contribution is -2.30. The van der Waals surface area contributed by atoms with Crippen LogP contribution >= 0.6 is 11.8 Å². The summed E-state index contributed by atoms with van der Waals surface area (Å²) in [6, 6.07) is 36.8. The van der Waals surface area contributed by atoms with Gasteiger partial charge in [-0.1, -0.05) is 79.7 Å². The van der Waals surface area contributed by atoms with Crippen LogP contribution in [0.3, 0.4) is 0 Å². The van der Waals surface area contributed by atoms with Crippen molar-refractivity contribution in [2.75, 3.05) is 24.9 Å². The first-order chi connectivity index (χ1) is 24.3. The Morgan fingerprint density at radius 1 is 0.760 bits per heavy atom. The highest BCUT2D eigenvalue weighted by molar-refractivity contribution is 8.00. The van der Waals surface area contributed by atoms with Crippen LogP contribution in [0, 0.1) is 6.92 Å². The molecule has 0 aromatic heterocycles. The maximum atomic E-state index is 13.8. The highest BCUT2D eigenvalue weighted by atomic mass is 32.2. The van der Waals surface area contributed by atoms with Crippen LogP contribution in [0.1, 0.15) is 44.8 Å². The molecule has 0 saturated heterocycles. The molecule has 254 valence electrons. The Morgan fingerprint density at radius 3 is 2.10 bits per heavy atom. The molecule has 9 heteroatoms. The first kappa shape index (κ1) is 35.5. The number of para-hydroxylation sites is 1. The van der Waals surface area contributed by atoms with Gasteiger partial charge in [-0.25, -0.2) is 0 Å². The van der Waals surface area contributed by atoms with E-state index < -0.39 is 17.1 Å². The largest absolute Gasteiger partial charge is 0.493 e. The molecule has 0 fully saturated rings. The zero-order valence-electron chi connectivity index (χ0n) is 28.4. The van der Waals surface area contributed by atoms with Gasteiger partial charge in [0.2, 0.25) is 5.91 Å². The number of ether oxygens (including phenoxy) is 2. The van der Waals surface area contributed by atoms with E-state index in [4.69, 9.17) is 9.47 Å². The molecule has 0 heterocycles. The van der Waals surface area contributed by atoms with Gasteiger partial charge in [0.05, 0.1) is 14.2 Å². The first-order valence-corrected chi connectivity index (χ1v) is 17.0. The van der Waals surface area contributed by atoms with E-state index in [1.165, 1.54) is 18.9 Å². The third-order valence-corrected chi connectivity index (χ3v) is 9.21. The molecule has 3 amide bonds. The number of hydrogen-bond donors (Lipinski definition) is 3. The number of carbonyl (C=O) groups is 3. The van der Waals surface area contributed by atoms with Gasteiger partial charge in [-0.05, 0) is 90.2 Å². The van der Waals surface area contributed by atoms with Crippen LogP contribution in [-0.2, 0) is 16.0 Å². The van der Waals surface area contributed by atoms with Crippen molar-refractivity contribution in [3.63, 3.8) is 0 Å². The number of amides is 3. The molecule has 0 aliphatic carbocycles. The molecule has 0 aliphatic heterocycles. The minimum Gasteiger partial charge on any atom is -0.493 e. The Hall–Kier alpha value is -5.80. The van der Waals surface area contributed by atoms with Gasteiger partial charge in [-0.3, -0.25) is 14.4 Å². The normalized spacial score (nSPS) is 11.6. The summed E-state index contributed by atoms with van der Waals surface area (Å²) in [4.78, 5) is 41.4. The summed E-state index contributed by atoms with van der Waals surface area (Å²) in [7, 11) is 3.07. The molecule has 0 spiro atoms. The summed E-state index contributed by atoms with van der Waals surface area (Å²) >= 11 is 1.42. The Kier molecular flexibility index (Phi) is 12.1. The van der Waals surface area contributed by atoms with E-state index in [1.54, 1.807) is 67.8 Å². The van der Waals surface area contributed by atoms with E-state index in [9.17, 15) is 14.4 Å². The van der Waals surface area contributed by atoms with E-state index in [0.717, 1.165) is 33.7 Å². The standard InChI is InChI=1S/C41H39N3O5S/c1-5-29-18-12-13-27(2)37(29)44-41(47)38(30-14-8-6-9-15-30)50-33-22-20-32(21-23-33)42-40(46)34(43-39(45)31-16-10-7-11-17-31)25-28-19-24-35(48-3)36(26-28)49-4/h6-26,38H,5H2,1-4H3,(H,42,46)(H,43,45)(H,44,47)/b34-25-. The van der Waals surface area contributed by atoms with E-state index in [2.05, 4.69) is 22.9 Å². The summed E-state index contributed by atoms with van der Waals surface area (Å²) in [6.07, 6.45) is 2.37. The van der Waals surface area contributed by atoms with Gasteiger partial charge in [0.25, 0.3) is 11.8 Å². The number of methoxy groups -OCH3 is 2. The van der Waals surface area contributed by atoms with Crippen LogP contribution in [0.2, 0.25) is 0 Å². The van der Waals surface area contributed by atoms with Crippen molar-refractivity contribution in [3.8, 4) is 11.5 Å². The van der Waals surface area contributed by atoms with E-state index in [-0.39, 0.29) is 11.6 Å². The predicted octanol–water partition coefficient (Wildman–Crippen LogP) is 8.46. The average molecular weight is 686 g/mol. The molecule has 5 rings (SSSR count). The molecular formula is C41H39N3O5S. The third-order valence-electron chi connectivity index (χ3n) is 7.94. The zero-order chi connectivity index (χ0) is 35.5. The van der Waals surface area contributed by atoms with Gasteiger partial charge in [0.15, 0.2) is 11.5 Å². The van der Waals surface area contributed by atoms with Gasteiger partial charge < -0.3 is 25.4 Å². The number of rotatable bonds is 13. The molecule has 5 aromatic rings. The van der Waals surface area contributed by atoms with Crippen molar-refractivity contribution < 1.29 is 23.9 Å².